The van der Waals surface area contributed by atoms with Gasteiger partial charge in [-0.15, -0.1) is 11.3 Å². The molecule has 0 fully saturated rings. The molecular formula is C11H10BrClN2O2S2. The molecule has 2 aromatic rings. The lowest BCUT2D eigenvalue weighted by molar-refractivity contribution is 0.580. The first-order chi connectivity index (χ1) is 8.90. The summed E-state index contributed by atoms with van der Waals surface area (Å²) >= 11 is 10.5. The van der Waals surface area contributed by atoms with Gasteiger partial charge in [-0.05, 0) is 35.0 Å². The fraction of sp³-hybridized carbons (Fsp3) is 0.182. The number of sulfonamides is 1. The lowest BCUT2D eigenvalue weighted by atomic mass is 10.4. The maximum absolute atomic E-state index is 12.2. The summed E-state index contributed by atoms with van der Waals surface area (Å²) in [4.78, 5) is 4.25. The highest BCUT2D eigenvalue weighted by Gasteiger charge is 2.21. The molecule has 2 rings (SSSR count). The Balaban J connectivity index is 2.23. The lowest BCUT2D eigenvalue weighted by Gasteiger charge is -2.08. The van der Waals surface area contributed by atoms with Crippen LogP contribution in [-0.4, -0.2) is 13.4 Å². The van der Waals surface area contributed by atoms with Crippen molar-refractivity contribution in [2.45, 2.75) is 18.4 Å². The van der Waals surface area contributed by atoms with Crippen molar-refractivity contribution in [1.29, 1.82) is 0 Å². The molecule has 0 radical (unpaired) electrons. The van der Waals surface area contributed by atoms with E-state index in [4.69, 9.17) is 11.6 Å². The molecule has 1 N–H and O–H groups in total. The van der Waals surface area contributed by atoms with Gasteiger partial charge in [0.05, 0.1) is 11.6 Å². The quantitative estimate of drug-likeness (QED) is 0.883. The zero-order valence-electron chi connectivity index (χ0n) is 9.85. The van der Waals surface area contributed by atoms with E-state index in [2.05, 4.69) is 25.6 Å². The van der Waals surface area contributed by atoms with Crippen molar-refractivity contribution in [2.24, 2.45) is 0 Å². The largest absolute Gasteiger partial charge is 0.245 e. The maximum Gasteiger partial charge on any atom is 0.243 e. The summed E-state index contributed by atoms with van der Waals surface area (Å²) in [5.74, 6) is 0. The molecule has 1 aromatic carbocycles. The number of hydrogen-bond acceptors (Lipinski definition) is 4. The number of hydrogen-bond donors (Lipinski definition) is 1. The van der Waals surface area contributed by atoms with Crippen LogP contribution >= 0.6 is 38.9 Å². The summed E-state index contributed by atoms with van der Waals surface area (Å²) in [7, 11) is -3.67. The van der Waals surface area contributed by atoms with E-state index in [-0.39, 0.29) is 16.5 Å². The third-order valence-corrected chi connectivity index (χ3v) is 6.09. The summed E-state index contributed by atoms with van der Waals surface area (Å²) in [6.07, 6.45) is 0. The number of thiazole rings is 1. The number of aromatic nitrogens is 1. The van der Waals surface area contributed by atoms with Crippen molar-refractivity contribution < 1.29 is 8.42 Å². The summed E-state index contributed by atoms with van der Waals surface area (Å²) in [6.45, 7) is 2.01. The molecule has 0 aliphatic carbocycles. The van der Waals surface area contributed by atoms with E-state index in [1.807, 2.05) is 12.3 Å². The first kappa shape index (κ1) is 14.9. The number of nitrogens with zero attached hydrogens (tertiary/aromatic N) is 1. The maximum atomic E-state index is 12.2. The molecule has 0 amide bonds. The van der Waals surface area contributed by atoms with E-state index >= 15 is 0 Å². The Morgan fingerprint density at radius 3 is 2.79 bits per heavy atom. The first-order valence-corrected chi connectivity index (χ1v) is 8.78. The van der Waals surface area contributed by atoms with E-state index in [0.717, 1.165) is 5.69 Å². The van der Waals surface area contributed by atoms with E-state index in [1.54, 1.807) is 12.1 Å². The van der Waals surface area contributed by atoms with Gasteiger partial charge < -0.3 is 0 Å². The number of rotatable bonds is 4. The zero-order chi connectivity index (χ0) is 14.0. The lowest BCUT2D eigenvalue weighted by Crippen LogP contribution is -2.23. The molecule has 0 bridgehead atoms. The predicted octanol–water partition coefficient (Wildman–Crippen LogP) is 3.35. The van der Waals surface area contributed by atoms with Gasteiger partial charge in [0.2, 0.25) is 10.0 Å². The van der Waals surface area contributed by atoms with Gasteiger partial charge in [0, 0.05) is 15.5 Å². The van der Waals surface area contributed by atoms with Gasteiger partial charge in [-0.25, -0.2) is 18.1 Å². The van der Waals surface area contributed by atoms with Gasteiger partial charge in [0.25, 0.3) is 0 Å². The second kappa shape index (κ2) is 5.88. The Morgan fingerprint density at radius 2 is 2.21 bits per heavy atom. The molecule has 102 valence electrons. The monoisotopic (exact) mass is 380 g/mol. The molecule has 8 heteroatoms. The van der Waals surface area contributed by atoms with Crippen molar-refractivity contribution in [2.75, 3.05) is 0 Å². The number of benzene rings is 1. The van der Waals surface area contributed by atoms with Crippen LogP contribution < -0.4 is 4.72 Å². The van der Waals surface area contributed by atoms with E-state index < -0.39 is 10.0 Å². The van der Waals surface area contributed by atoms with Crippen LogP contribution in [0, 0.1) is 6.92 Å². The van der Waals surface area contributed by atoms with Gasteiger partial charge in [-0.1, -0.05) is 17.7 Å². The molecule has 0 unspecified atom stereocenters. The second-order valence-electron chi connectivity index (χ2n) is 3.76. The molecule has 0 aliphatic rings. The molecule has 0 atom stereocenters. The normalized spacial score (nSPS) is 11.7. The molecule has 1 heterocycles. The fourth-order valence-corrected chi connectivity index (χ4v) is 4.97. The van der Waals surface area contributed by atoms with Gasteiger partial charge in [-0.3, -0.25) is 0 Å². The van der Waals surface area contributed by atoms with Gasteiger partial charge in [0.1, 0.15) is 9.90 Å². The highest BCUT2D eigenvalue weighted by Crippen LogP contribution is 2.29. The van der Waals surface area contributed by atoms with Crippen LogP contribution in [0.2, 0.25) is 5.02 Å². The van der Waals surface area contributed by atoms with E-state index in [0.29, 0.717) is 9.48 Å². The smallest absolute Gasteiger partial charge is 0.243 e. The van der Waals surface area contributed by atoms with Crippen LogP contribution in [-0.2, 0) is 16.6 Å². The highest BCUT2D eigenvalue weighted by atomic mass is 79.9. The Morgan fingerprint density at radius 1 is 1.47 bits per heavy atom. The van der Waals surface area contributed by atoms with Crippen LogP contribution in [0.5, 0.6) is 0 Å². The SMILES string of the molecule is Cc1csc(CNS(=O)(=O)c2c(Cl)cccc2Br)n1. The molecule has 0 spiro atoms. The van der Waals surface area contributed by atoms with Crippen molar-refractivity contribution in [3.8, 4) is 0 Å². The minimum Gasteiger partial charge on any atom is -0.245 e. The molecule has 4 nitrogen and oxygen atoms in total. The molecule has 0 saturated heterocycles. The number of nitrogens with one attached hydrogen (secondary N) is 1. The molecule has 0 saturated carbocycles. The Labute approximate surface area is 129 Å². The van der Waals surface area contributed by atoms with Crippen molar-refractivity contribution in [3.63, 3.8) is 0 Å². The van der Waals surface area contributed by atoms with Crippen molar-refractivity contribution in [3.05, 3.63) is 43.8 Å². The third-order valence-electron chi connectivity index (χ3n) is 2.27. The second-order valence-corrected chi connectivity index (χ2v) is 7.67. The average Bonchev–Trinajstić information content (AvgIpc) is 2.72. The standard InChI is InChI=1S/C11H10BrClN2O2S2/c1-7-6-18-10(15-7)5-14-19(16,17)11-8(12)3-2-4-9(11)13/h2-4,6,14H,5H2,1H3. The minimum absolute atomic E-state index is 0.0462. The van der Waals surface area contributed by atoms with Crippen molar-refractivity contribution >= 4 is 48.9 Å². The Hall–Kier alpha value is -0.470. The van der Waals surface area contributed by atoms with E-state index in [9.17, 15) is 8.42 Å². The topological polar surface area (TPSA) is 59.1 Å². The first-order valence-electron chi connectivity index (χ1n) is 5.25. The van der Waals surface area contributed by atoms with Crippen LogP contribution in [0.4, 0.5) is 0 Å². The third kappa shape index (κ3) is 3.55. The zero-order valence-corrected chi connectivity index (χ0v) is 13.8. The molecular weight excluding hydrogens is 372 g/mol. The van der Waals surface area contributed by atoms with Crippen LogP contribution in [0.15, 0.2) is 32.9 Å². The van der Waals surface area contributed by atoms with Crippen LogP contribution in [0.1, 0.15) is 10.7 Å². The molecule has 19 heavy (non-hydrogen) atoms. The van der Waals surface area contributed by atoms with Crippen LogP contribution in [0.25, 0.3) is 0 Å². The minimum atomic E-state index is -3.67. The van der Waals surface area contributed by atoms with Gasteiger partial charge in [-0.2, -0.15) is 0 Å². The number of aryl methyl sites for hydroxylation is 1. The fourth-order valence-electron chi connectivity index (χ4n) is 1.45. The van der Waals surface area contributed by atoms with E-state index in [1.165, 1.54) is 17.4 Å². The van der Waals surface area contributed by atoms with Gasteiger partial charge in [0.15, 0.2) is 0 Å². The Kier molecular flexibility index (Phi) is 4.62. The predicted molar refractivity (Wildman–Crippen MR) is 80.0 cm³/mol. The highest BCUT2D eigenvalue weighted by molar-refractivity contribution is 9.10. The average molecular weight is 382 g/mol. The summed E-state index contributed by atoms with van der Waals surface area (Å²) < 4.78 is 27.3. The summed E-state index contributed by atoms with van der Waals surface area (Å²) in [5.41, 5.74) is 0.873. The molecule has 1 aromatic heterocycles. The van der Waals surface area contributed by atoms with Crippen molar-refractivity contribution in [1.82, 2.24) is 9.71 Å². The molecule has 0 aliphatic heterocycles. The number of halogens is 2. The summed E-state index contributed by atoms with van der Waals surface area (Å²) in [5, 5.41) is 2.76. The van der Waals surface area contributed by atoms with Gasteiger partial charge >= 0.3 is 0 Å². The van der Waals surface area contributed by atoms with Crippen LogP contribution in [0.3, 0.4) is 0 Å². The Bertz CT molecular complexity index is 680. The summed E-state index contributed by atoms with van der Waals surface area (Å²) in [6, 6.07) is 4.85.